The van der Waals surface area contributed by atoms with Gasteiger partial charge in [0.25, 0.3) is 0 Å². The molecular formula is C8H10N2O3. The number of carboxylic acids is 1. The maximum Gasteiger partial charge on any atom is 0.341 e. The first-order valence-corrected chi connectivity index (χ1v) is 4.18. The van der Waals surface area contributed by atoms with Gasteiger partial charge in [0.05, 0.1) is 0 Å². The van der Waals surface area contributed by atoms with Crippen molar-refractivity contribution in [3.63, 3.8) is 0 Å². The summed E-state index contributed by atoms with van der Waals surface area (Å²) in [6.45, 7) is -0.322. The number of fused-ring (bicyclic) bond motifs is 1. The number of aromatic amines is 1. The topological polar surface area (TPSA) is 75.2 Å². The van der Waals surface area contributed by atoms with Crippen LogP contribution in [0.15, 0.2) is 0 Å². The van der Waals surface area contributed by atoms with Crippen LogP contribution in [0, 0.1) is 0 Å². The number of hydrogen-bond acceptors (Lipinski definition) is 3. The molecular weight excluding hydrogens is 172 g/mol. The molecule has 0 unspecified atom stereocenters. The summed E-state index contributed by atoms with van der Waals surface area (Å²) in [7, 11) is 0. The Balaban J connectivity index is 2.08. The van der Waals surface area contributed by atoms with Crippen LogP contribution in [0.4, 0.5) is 0 Å². The Hall–Kier alpha value is -1.52. The summed E-state index contributed by atoms with van der Waals surface area (Å²) < 4.78 is 5.01. The quantitative estimate of drug-likeness (QED) is 0.707. The highest BCUT2D eigenvalue weighted by molar-refractivity contribution is 5.68. The summed E-state index contributed by atoms with van der Waals surface area (Å²) in [5.41, 5.74) is 2.13. The molecule has 1 aliphatic rings. The van der Waals surface area contributed by atoms with Crippen LogP contribution in [0.1, 0.15) is 17.7 Å². The number of H-pyrrole nitrogens is 1. The van der Waals surface area contributed by atoms with E-state index in [1.807, 2.05) is 0 Å². The third kappa shape index (κ3) is 1.49. The molecule has 1 aliphatic carbocycles. The lowest BCUT2D eigenvalue weighted by Crippen LogP contribution is -2.10. The Labute approximate surface area is 74.7 Å². The van der Waals surface area contributed by atoms with E-state index in [-0.39, 0.29) is 6.61 Å². The molecule has 0 aliphatic heterocycles. The lowest BCUT2D eigenvalue weighted by molar-refractivity contribution is -0.139. The number of nitrogens with zero attached hydrogens (tertiary/aromatic N) is 1. The summed E-state index contributed by atoms with van der Waals surface area (Å²) in [6, 6.07) is 0. The van der Waals surface area contributed by atoms with Gasteiger partial charge in [-0.05, 0) is 19.3 Å². The molecule has 1 aromatic rings. The van der Waals surface area contributed by atoms with E-state index in [0.717, 1.165) is 30.5 Å². The number of ether oxygens (including phenoxy) is 1. The van der Waals surface area contributed by atoms with Gasteiger partial charge in [-0.3, -0.25) is 5.10 Å². The van der Waals surface area contributed by atoms with Crippen LogP contribution in [-0.2, 0) is 17.6 Å². The Morgan fingerprint density at radius 3 is 3.23 bits per heavy atom. The van der Waals surface area contributed by atoms with Crippen molar-refractivity contribution >= 4 is 5.97 Å². The monoisotopic (exact) mass is 182 g/mol. The molecule has 2 N–H and O–H groups in total. The van der Waals surface area contributed by atoms with E-state index in [1.54, 1.807) is 0 Å². The van der Waals surface area contributed by atoms with Crippen molar-refractivity contribution in [3.05, 3.63) is 11.3 Å². The van der Waals surface area contributed by atoms with E-state index in [1.165, 1.54) is 0 Å². The molecule has 5 heteroatoms. The zero-order chi connectivity index (χ0) is 9.26. The second kappa shape index (κ2) is 3.08. The first-order valence-electron chi connectivity index (χ1n) is 4.18. The predicted octanol–water partition coefficient (Wildman–Crippen LogP) is 0.362. The highest BCUT2D eigenvalue weighted by Gasteiger charge is 2.19. The molecule has 70 valence electrons. The zero-order valence-corrected chi connectivity index (χ0v) is 7.04. The van der Waals surface area contributed by atoms with E-state index >= 15 is 0 Å². The second-order valence-electron chi connectivity index (χ2n) is 3.02. The highest BCUT2D eigenvalue weighted by atomic mass is 16.5. The lowest BCUT2D eigenvalue weighted by Gasteiger charge is -1.99. The Morgan fingerprint density at radius 1 is 1.62 bits per heavy atom. The molecule has 2 rings (SSSR count). The molecule has 0 radical (unpaired) electrons. The third-order valence-corrected chi connectivity index (χ3v) is 2.10. The van der Waals surface area contributed by atoms with Gasteiger partial charge in [-0.1, -0.05) is 0 Å². The molecule has 0 aromatic carbocycles. The fourth-order valence-corrected chi connectivity index (χ4v) is 1.54. The number of aromatic nitrogens is 2. The minimum absolute atomic E-state index is 0.322. The number of rotatable bonds is 3. The molecule has 1 aromatic heterocycles. The van der Waals surface area contributed by atoms with Gasteiger partial charge < -0.3 is 9.84 Å². The van der Waals surface area contributed by atoms with Gasteiger partial charge in [0, 0.05) is 11.3 Å². The van der Waals surface area contributed by atoms with Crippen molar-refractivity contribution < 1.29 is 14.6 Å². The Morgan fingerprint density at radius 2 is 2.46 bits per heavy atom. The second-order valence-corrected chi connectivity index (χ2v) is 3.02. The molecule has 0 fully saturated rings. The van der Waals surface area contributed by atoms with Gasteiger partial charge in [-0.2, -0.15) is 0 Å². The first-order chi connectivity index (χ1) is 6.27. The van der Waals surface area contributed by atoms with Gasteiger partial charge in [0.2, 0.25) is 5.88 Å². The van der Waals surface area contributed by atoms with Gasteiger partial charge >= 0.3 is 5.97 Å². The van der Waals surface area contributed by atoms with Crippen LogP contribution in [0.25, 0.3) is 0 Å². The molecule has 0 bridgehead atoms. The molecule has 13 heavy (non-hydrogen) atoms. The van der Waals surface area contributed by atoms with E-state index in [9.17, 15) is 4.79 Å². The highest BCUT2D eigenvalue weighted by Crippen LogP contribution is 2.27. The molecule has 5 nitrogen and oxygen atoms in total. The number of aliphatic carboxylic acids is 1. The fourth-order valence-electron chi connectivity index (χ4n) is 1.54. The zero-order valence-electron chi connectivity index (χ0n) is 7.04. The maximum atomic E-state index is 10.2. The van der Waals surface area contributed by atoms with E-state index in [4.69, 9.17) is 9.84 Å². The molecule has 1 heterocycles. The molecule has 0 atom stereocenters. The van der Waals surface area contributed by atoms with Crippen LogP contribution < -0.4 is 4.74 Å². The molecule has 0 saturated carbocycles. The summed E-state index contributed by atoms with van der Waals surface area (Å²) in [5, 5.41) is 15.1. The van der Waals surface area contributed by atoms with E-state index in [2.05, 4.69) is 10.2 Å². The number of carbonyl (C=O) groups is 1. The van der Waals surface area contributed by atoms with Crippen LogP contribution in [0.3, 0.4) is 0 Å². The van der Waals surface area contributed by atoms with Crippen LogP contribution in [-0.4, -0.2) is 27.9 Å². The third-order valence-electron chi connectivity index (χ3n) is 2.10. The minimum atomic E-state index is -0.977. The van der Waals surface area contributed by atoms with Crippen molar-refractivity contribution in [2.24, 2.45) is 0 Å². The van der Waals surface area contributed by atoms with Crippen LogP contribution in [0.5, 0.6) is 5.88 Å². The average molecular weight is 182 g/mol. The van der Waals surface area contributed by atoms with Gasteiger partial charge in [-0.25, -0.2) is 4.79 Å². The summed E-state index contributed by atoms with van der Waals surface area (Å²) in [5.74, 6) is -0.523. The van der Waals surface area contributed by atoms with Gasteiger partial charge in [0.15, 0.2) is 6.61 Å². The fraction of sp³-hybridized carbons (Fsp3) is 0.500. The molecule has 0 spiro atoms. The van der Waals surface area contributed by atoms with E-state index < -0.39 is 5.97 Å². The summed E-state index contributed by atoms with van der Waals surface area (Å²) in [4.78, 5) is 10.2. The predicted molar refractivity (Wildman–Crippen MR) is 43.7 cm³/mol. The van der Waals surface area contributed by atoms with Crippen molar-refractivity contribution in [1.82, 2.24) is 10.2 Å². The maximum absolute atomic E-state index is 10.2. The van der Waals surface area contributed by atoms with Gasteiger partial charge in [0.1, 0.15) is 0 Å². The number of aryl methyl sites for hydroxylation is 1. The summed E-state index contributed by atoms with van der Waals surface area (Å²) >= 11 is 0. The number of hydrogen-bond donors (Lipinski definition) is 2. The average Bonchev–Trinajstić information content (AvgIpc) is 2.60. The standard InChI is InChI=1S/C8H10N2O3/c11-7(12)4-13-8-5-2-1-3-6(5)9-10-8/h1-4H2,(H,9,10)(H,11,12). The normalized spacial score (nSPS) is 14.2. The Bertz CT molecular complexity index is 332. The SMILES string of the molecule is O=C(O)COc1n[nH]c2c1CCC2. The van der Waals surface area contributed by atoms with Crippen LogP contribution >= 0.6 is 0 Å². The lowest BCUT2D eigenvalue weighted by atomic mass is 10.3. The minimum Gasteiger partial charge on any atom is -0.479 e. The summed E-state index contributed by atoms with van der Waals surface area (Å²) in [6.07, 6.45) is 3.01. The van der Waals surface area contributed by atoms with Crippen molar-refractivity contribution in [2.45, 2.75) is 19.3 Å². The smallest absolute Gasteiger partial charge is 0.341 e. The van der Waals surface area contributed by atoms with Crippen molar-refractivity contribution in [3.8, 4) is 5.88 Å². The van der Waals surface area contributed by atoms with Gasteiger partial charge in [-0.15, -0.1) is 5.10 Å². The Kier molecular flexibility index (Phi) is 1.92. The molecule has 0 amide bonds. The number of nitrogens with one attached hydrogen (secondary N) is 1. The van der Waals surface area contributed by atoms with E-state index in [0.29, 0.717) is 5.88 Å². The van der Waals surface area contributed by atoms with Crippen molar-refractivity contribution in [2.75, 3.05) is 6.61 Å². The molecule has 0 saturated heterocycles. The largest absolute Gasteiger partial charge is 0.479 e. The first kappa shape index (κ1) is 8.10. The number of carboxylic acid groups (broad SMARTS) is 1. The van der Waals surface area contributed by atoms with Crippen molar-refractivity contribution in [1.29, 1.82) is 0 Å². The van der Waals surface area contributed by atoms with Crippen LogP contribution in [0.2, 0.25) is 0 Å².